The minimum Gasteiger partial charge on any atom is -0.462 e. The van der Waals surface area contributed by atoms with Crippen LogP contribution in [0.5, 0.6) is 0 Å². The molecule has 0 aromatic carbocycles. The molecule has 0 heterocycles. The second-order valence-electron chi connectivity index (χ2n) is 31.6. The van der Waals surface area contributed by atoms with Gasteiger partial charge in [0.25, 0.3) is 0 Å². The summed E-state index contributed by atoms with van der Waals surface area (Å²) in [5, 5.41) is 10.7. The molecule has 0 rings (SSSR count). The number of phosphoric acid groups is 2. The van der Waals surface area contributed by atoms with Gasteiger partial charge in [0.15, 0.2) is 12.2 Å². The number of hydrogen-bond donors (Lipinski definition) is 3. The van der Waals surface area contributed by atoms with Crippen LogP contribution in [-0.4, -0.2) is 96.7 Å². The summed E-state index contributed by atoms with van der Waals surface area (Å²) in [4.78, 5) is 73.3. The van der Waals surface area contributed by atoms with Crippen LogP contribution in [0.1, 0.15) is 484 Å². The summed E-state index contributed by atoms with van der Waals surface area (Å²) in [6.07, 6.45) is 77.7. The van der Waals surface area contributed by atoms with Crippen LogP contribution < -0.4 is 0 Å². The van der Waals surface area contributed by atoms with Crippen molar-refractivity contribution < 1.29 is 80.2 Å². The van der Waals surface area contributed by atoms with Crippen molar-refractivity contribution in [2.45, 2.75) is 502 Å². The molecule has 2 unspecified atom stereocenters. The van der Waals surface area contributed by atoms with E-state index in [4.69, 9.17) is 37.0 Å². The fraction of sp³-hybridized carbons (Fsp3) is 0.955. The third kappa shape index (κ3) is 81.9. The molecule has 0 fully saturated rings. The fourth-order valence-corrected chi connectivity index (χ4v) is 15.5. The second kappa shape index (κ2) is 82.1. The molecule has 0 spiro atoms. The Labute approximate surface area is 658 Å². The Hall–Kier alpha value is -1.94. The van der Waals surface area contributed by atoms with E-state index in [9.17, 15) is 43.2 Å². The van der Waals surface area contributed by atoms with Crippen LogP contribution in [0.3, 0.4) is 0 Å². The molecule has 3 N–H and O–H groups in total. The molecule has 0 aliphatic heterocycles. The quantitative estimate of drug-likeness (QED) is 0.0222. The van der Waals surface area contributed by atoms with Gasteiger partial charge in [-0.25, -0.2) is 9.13 Å². The number of carbonyl (C=O) groups excluding carboxylic acids is 4. The Morgan fingerprint density at radius 3 is 0.551 bits per heavy atom. The zero-order chi connectivity index (χ0) is 78.1. The van der Waals surface area contributed by atoms with Crippen LogP contribution in [0.15, 0.2) is 0 Å². The molecule has 0 amide bonds. The predicted octanol–water partition coefficient (Wildman–Crippen LogP) is 27.3. The molecule has 107 heavy (non-hydrogen) atoms. The highest BCUT2D eigenvalue weighted by atomic mass is 31.2. The summed E-state index contributed by atoms with van der Waals surface area (Å²) in [6, 6.07) is 0. The van der Waals surface area contributed by atoms with Gasteiger partial charge in [-0.05, 0) is 25.7 Å². The topological polar surface area (TPSA) is 237 Å². The minimum atomic E-state index is -4.97. The lowest BCUT2D eigenvalue weighted by Crippen LogP contribution is -2.30. The lowest BCUT2D eigenvalue weighted by Gasteiger charge is -2.21. The lowest BCUT2D eigenvalue weighted by molar-refractivity contribution is -0.161. The highest BCUT2D eigenvalue weighted by molar-refractivity contribution is 7.47. The number of esters is 4. The summed E-state index contributed by atoms with van der Waals surface area (Å²) in [7, 11) is -9.93. The first kappa shape index (κ1) is 105. The van der Waals surface area contributed by atoms with E-state index in [2.05, 4.69) is 27.7 Å². The Bertz CT molecular complexity index is 2020. The molecule has 0 radical (unpaired) electrons. The standard InChI is InChI=1S/C88H172O17P2/c1-5-9-13-17-21-25-29-33-36-38-39-40-41-42-44-47-51-55-59-63-67-71-75-88(93)105-84(79-99-86(91)73-69-65-61-57-53-49-46-43-37-34-30-26-22-18-14-10-6-2)81-103-107(96,97)101-77-82(89)76-100-106(94,95)102-80-83(78-98-85(90)72-68-64-60-56-52-48-32-28-24-20-16-12-8-4)104-87(92)74-70-66-62-58-54-50-45-35-31-27-23-19-15-11-7-3/h82-84,89H,5-81H2,1-4H3,(H,94,95)(H,96,97)/t82-,83+,84+/m0/s1. The van der Waals surface area contributed by atoms with Gasteiger partial charge in [0.1, 0.15) is 19.3 Å². The van der Waals surface area contributed by atoms with Crippen molar-refractivity contribution in [2.75, 3.05) is 39.6 Å². The number of ether oxygens (including phenoxy) is 4. The van der Waals surface area contributed by atoms with Crippen molar-refractivity contribution in [3.05, 3.63) is 0 Å². The van der Waals surface area contributed by atoms with Crippen molar-refractivity contribution in [3.8, 4) is 0 Å². The molecular weight excluding hydrogens is 1390 g/mol. The molecule has 0 saturated heterocycles. The zero-order valence-electron chi connectivity index (χ0n) is 70.1. The monoisotopic (exact) mass is 1560 g/mol. The predicted molar refractivity (Wildman–Crippen MR) is 442 cm³/mol. The van der Waals surface area contributed by atoms with Crippen LogP contribution >= 0.6 is 15.6 Å². The molecule has 0 aromatic heterocycles. The second-order valence-corrected chi connectivity index (χ2v) is 34.5. The molecular formula is C88H172O17P2. The van der Waals surface area contributed by atoms with Gasteiger partial charge < -0.3 is 33.8 Å². The molecule has 5 atom stereocenters. The summed E-state index contributed by atoms with van der Waals surface area (Å²) >= 11 is 0. The summed E-state index contributed by atoms with van der Waals surface area (Å²) in [5.74, 6) is -2.09. The molecule has 0 bridgehead atoms. The summed E-state index contributed by atoms with van der Waals surface area (Å²) in [6.45, 7) is 5.08. The van der Waals surface area contributed by atoms with Crippen LogP contribution in [0.4, 0.5) is 0 Å². The molecule has 17 nitrogen and oxygen atoms in total. The average molecular weight is 1560 g/mol. The number of carbonyl (C=O) groups is 4. The molecule has 0 aliphatic rings. The zero-order valence-corrected chi connectivity index (χ0v) is 71.9. The Morgan fingerprint density at radius 2 is 0.374 bits per heavy atom. The SMILES string of the molecule is CCCCCCCCCCCCCCCCCCCCCCCCC(=O)O[C@H](COC(=O)CCCCCCCCCCCCCCCCCCC)COP(=O)(O)OC[C@@H](O)COP(=O)(O)OC[C@@H](COC(=O)CCCCCCCCCCCCCCC)OC(=O)CCCCCCCCCCCCCCCCC. The van der Waals surface area contributed by atoms with Crippen LogP contribution in [0.25, 0.3) is 0 Å². The minimum absolute atomic E-state index is 0.109. The fourth-order valence-electron chi connectivity index (χ4n) is 13.9. The van der Waals surface area contributed by atoms with Gasteiger partial charge >= 0.3 is 39.5 Å². The van der Waals surface area contributed by atoms with Crippen LogP contribution in [-0.2, 0) is 65.4 Å². The van der Waals surface area contributed by atoms with Gasteiger partial charge in [0.05, 0.1) is 26.4 Å². The van der Waals surface area contributed by atoms with Crippen molar-refractivity contribution in [3.63, 3.8) is 0 Å². The maximum absolute atomic E-state index is 13.2. The molecule has 0 aromatic rings. The summed E-state index contributed by atoms with van der Waals surface area (Å²) in [5.41, 5.74) is 0. The Morgan fingerprint density at radius 1 is 0.224 bits per heavy atom. The number of rotatable bonds is 89. The highest BCUT2D eigenvalue weighted by Gasteiger charge is 2.30. The third-order valence-electron chi connectivity index (χ3n) is 20.9. The molecule has 636 valence electrons. The first-order chi connectivity index (χ1) is 52.2. The van der Waals surface area contributed by atoms with Gasteiger partial charge in [0, 0.05) is 25.7 Å². The molecule has 0 saturated carbocycles. The van der Waals surface area contributed by atoms with Gasteiger partial charge in [0.2, 0.25) is 0 Å². The van der Waals surface area contributed by atoms with E-state index < -0.39 is 97.5 Å². The number of aliphatic hydroxyl groups is 1. The van der Waals surface area contributed by atoms with E-state index in [0.717, 1.165) is 89.9 Å². The van der Waals surface area contributed by atoms with Crippen LogP contribution in [0.2, 0.25) is 0 Å². The van der Waals surface area contributed by atoms with Gasteiger partial charge in [-0.1, -0.05) is 432 Å². The Kier molecular flexibility index (Phi) is 80.6. The number of phosphoric ester groups is 2. The number of unbranched alkanes of at least 4 members (excludes halogenated alkanes) is 63. The van der Waals surface area contributed by atoms with Gasteiger partial charge in [-0.3, -0.25) is 37.3 Å². The lowest BCUT2D eigenvalue weighted by atomic mass is 10.0. The van der Waals surface area contributed by atoms with E-state index >= 15 is 0 Å². The third-order valence-corrected chi connectivity index (χ3v) is 22.8. The molecule has 0 aliphatic carbocycles. The Balaban J connectivity index is 5.24. The number of aliphatic hydroxyl groups excluding tert-OH is 1. The average Bonchev–Trinajstić information content (AvgIpc) is 0.901. The smallest absolute Gasteiger partial charge is 0.462 e. The van der Waals surface area contributed by atoms with E-state index in [1.165, 1.54) is 315 Å². The van der Waals surface area contributed by atoms with E-state index in [1.54, 1.807) is 0 Å². The van der Waals surface area contributed by atoms with E-state index in [0.29, 0.717) is 25.7 Å². The number of hydrogen-bond acceptors (Lipinski definition) is 15. The highest BCUT2D eigenvalue weighted by Crippen LogP contribution is 2.45. The summed E-state index contributed by atoms with van der Waals surface area (Å²) < 4.78 is 69.0. The largest absolute Gasteiger partial charge is 0.472 e. The van der Waals surface area contributed by atoms with E-state index in [1.807, 2.05) is 0 Å². The van der Waals surface area contributed by atoms with Gasteiger partial charge in [-0.2, -0.15) is 0 Å². The van der Waals surface area contributed by atoms with Crippen molar-refractivity contribution in [2.24, 2.45) is 0 Å². The van der Waals surface area contributed by atoms with Gasteiger partial charge in [-0.15, -0.1) is 0 Å². The van der Waals surface area contributed by atoms with Crippen molar-refractivity contribution >= 4 is 39.5 Å². The van der Waals surface area contributed by atoms with Crippen LogP contribution in [0, 0.1) is 0 Å². The maximum Gasteiger partial charge on any atom is 0.472 e. The molecule has 19 heteroatoms. The van der Waals surface area contributed by atoms with E-state index in [-0.39, 0.29) is 25.7 Å². The first-order valence-electron chi connectivity index (χ1n) is 45.8. The first-order valence-corrected chi connectivity index (χ1v) is 48.8. The van der Waals surface area contributed by atoms with Crippen molar-refractivity contribution in [1.29, 1.82) is 0 Å². The normalized spacial score (nSPS) is 13.7. The maximum atomic E-state index is 13.2. The van der Waals surface area contributed by atoms with Crippen molar-refractivity contribution in [1.82, 2.24) is 0 Å².